The number of benzene rings is 2. The number of hydrogen-bond donors (Lipinski definition) is 0. The van der Waals surface area contributed by atoms with E-state index in [0.717, 1.165) is 0 Å². The highest BCUT2D eigenvalue weighted by Crippen LogP contribution is 2.33. The molecule has 154 valence electrons. The summed E-state index contributed by atoms with van der Waals surface area (Å²) in [4.78, 5) is -2.23. The molecule has 2 aromatic carbocycles. The van der Waals surface area contributed by atoms with Crippen molar-refractivity contribution in [2.24, 2.45) is 0 Å². The van der Waals surface area contributed by atoms with E-state index < -0.39 is 57.2 Å². The molecule has 0 radical (unpaired) electrons. The lowest BCUT2D eigenvalue weighted by atomic mass is 10.2. The lowest BCUT2D eigenvalue weighted by Crippen LogP contribution is -2.30. The first-order chi connectivity index (χ1) is 12.6. The van der Waals surface area contributed by atoms with Crippen LogP contribution in [0.1, 0.15) is 11.1 Å². The van der Waals surface area contributed by atoms with E-state index in [1.165, 1.54) is 0 Å². The fourth-order valence-corrected chi connectivity index (χ4v) is 4.77. The topological polar surface area (TPSA) is 71.5 Å². The van der Waals surface area contributed by atoms with E-state index in [-0.39, 0.29) is 0 Å². The van der Waals surface area contributed by atoms with E-state index >= 15 is 0 Å². The average Bonchev–Trinajstić information content (AvgIpc) is 2.59. The smallest absolute Gasteiger partial charge is 0.203 e. The Kier molecular flexibility index (Phi) is 5.53. The van der Waals surface area contributed by atoms with Crippen LogP contribution in [0.25, 0.3) is 0 Å². The fraction of sp³-hybridized carbons (Fsp3) is 0.143. The Labute approximate surface area is 154 Å². The van der Waals surface area contributed by atoms with Gasteiger partial charge in [0.1, 0.15) is 0 Å². The Balaban J connectivity index is 2.41. The highest BCUT2D eigenvalue weighted by Gasteiger charge is 2.39. The van der Waals surface area contributed by atoms with Gasteiger partial charge in [-0.05, 0) is 48.5 Å². The zero-order valence-corrected chi connectivity index (χ0v) is 14.8. The third kappa shape index (κ3) is 4.28. The third-order valence-electron chi connectivity index (χ3n) is 3.34. The first kappa shape index (κ1) is 22.1. The van der Waals surface area contributed by atoms with Crippen LogP contribution in [0.4, 0.5) is 30.8 Å². The van der Waals surface area contributed by atoms with Crippen LogP contribution in [-0.4, -0.2) is 20.8 Å². The number of rotatable bonds is 4. The summed E-state index contributed by atoms with van der Waals surface area (Å²) in [5.74, 6) is 0. The zero-order chi connectivity index (χ0) is 21.5. The third-order valence-corrected chi connectivity index (χ3v) is 7.01. The van der Waals surface area contributed by atoms with E-state index in [9.17, 15) is 47.7 Å². The van der Waals surface area contributed by atoms with Gasteiger partial charge in [-0.3, -0.25) is 0 Å². The number of halogens is 7. The molecule has 0 aliphatic rings. The molecule has 14 heteroatoms. The number of nitrogens with zero attached hydrogens (tertiary/aromatic N) is 1. The van der Waals surface area contributed by atoms with Crippen LogP contribution < -0.4 is 0 Å². The van der Waals surface area contributed by atoms with Crippen LogP contribution in [0.5, 0.6) is 0 Å². The molecule has 0 spiro atoms. The van der Waals surface area contributed by atoms with Crippen molar-refractivity contribution in [3.63, 3.8) is 0 Å². The Hall–Kier alpha value is -2.19. The van der Waals surface area contributed by atoms with Crippen molar-refractivity contribution in [3.8, 4) is 0 Å². The lowest BCUT2D eigenvalue weighted by Gasteiger charge is -2.14. The van der Waals surface area contributed by atoms with Crippen LogP contribution in [0.15, 0.2) is 58.3 Å². The van der Waals surface area contributed by atoms with Gasteiger partial charge in [0.15, 0.2) is 0 Å². The van der Waals surface area contributed by atoms with E-state index in [4.69, 9.17) is 0 Å². The minimum atomic E-state index is -5.46. The van der Waals surface area contributed by atoms with Gasteiger partial charge in [0.05, 0.1) is 24.9 Å². The second-order valence-electron chi connectivity index (χ2n) is 5.21. The summed E-state index contributed by atoms with van der Waals surface area (Å²) in [6, 6.07) is 2.55. The molecule has 0 aliphatic heterocycles. The van der Waals surface area contributed by atoms with Gasteiger partial charge in [0.2, 0.25) is 0 Å². The molecule has 28 heavy (non-hydrogen) atoms. The molecule has 2 rings (SSSR count). The summed E-state index contributed by atoms with van der Waals surface area (Å²) >= 11 is 0. The highest BCUT2D eigenvalue weighted by atomic mass is 32.3. The minimum Gasteiger partial charge on any atom is -0.203 e. The quantitative estimate of drug-likeness (QED) is 0.521. The van der Waals surface area contributed by atoms with Gasteiger partial charge < -0.3 is 0 Å². The van der Waals surface area contributed by atoms with Crippen LogP contribution in [-0.2, 0) is 32.4 Å². The molecule has 2 aromatic rings. The van der Waals surface area contributed by atoms with Gasteiger partial charge in [0, 0.05) is 0 Å². The van der Waals surface area contributed by atoms with Gasteiger partial charge in [-0.15, -0.1) is 4.48 Å². The van der Waals surface area contributed by atoms with Crippen molar-refractivity contribution in [1.29, 1.82) is 0 Å². The first-order valence-electron chi connectivity index (χ1n) is 6.89. The second-order valence-corrected chi connectivity index (χ2v) is 8.92. The first-order valence-corrected chi connectivity index (χ1v) is 9.77. The van der Waals surface area contributed by atoms with E-state index in [1.54, 1.807) is 0 Å². The Morgan fingerprint density at radius 2 is 0.821 bits per heavy atom. The summed E-state index contributed by atoms with van der Waals surface area (Å²) in [7, 11) is -10.9. The summed E-state index contributed by atoms with van der Waals surface area (Å²) in [5, 5.41) is 0. The van der Waals surface area contributed by atoms with Crippen molar-refractivity contribution >= 4 is 20.0 Å². The predicted molar refractivity (Wildman–Crippen MR) is 80.2 cm³/mol. The van der Waals surface area contributed by atoms with Crippen molar-refractivity contribution in [3.05, 3.63) is 59.7 Å². The largest absolute Gasteiger partial charge is 0.416 e. The molecular formula is C14H8F7NO4S2. The zero-order valence-electron chi connectivity index (χ0n) is 13.2. The van der Waals surface area contributed by atoms with Gasteiger partial charge in [-0.1, -0.05) is 0 Å². The molecule has 0 amide bonds. The summed E-state index contributed by atoms with van der Waals surface area (Å²) < 4.78 is 136. The Morgan fingerprint density at radius 1 is 0.571 bits per heavy atom. The Bertz CT molecular complexity index is 971. The summed E-state index contributed by atoms with van der Waals surface area (Å²) in [5.41, 5.74) is -2.52. The molecule has 0 fully saturated rings. The molecule has 0 N–H and O–H groups in total. The van der Waals surface area contributed by atoms with Crippen LogP contribution in [0.3, 0.4) is 0 Å². The summed E-state index contributed by atoms with van der Waals surface area (Å²) in [6.07, 6.45) is -9.63. The maximum absolute atomic E-state index is 14.2. The van der Waals surface area contributed by atoms with Crippen molar-refractivity contribution in [1.82, 2.24) is 3.93 Å². The van der Waals surface area contributed by atoms with Crippen LogP contribution in [0, 0.1) is 0 Å². The fourth-order valence-electron chi connectivity index (χ4n) is 1.93. The van der Waals surface area contributed by atoms with Crippen molar-refractivity contribution in [2.45, 2.75) is 22.1 Å². The molecule has 0 saturated carbocycles. The molecule has 0 atom stereocenters. The van der Waals surface area contributed by atoms with E-state index in [2.05, 4.69) is 0 Å². The summed E-state index contributed by atoms with van der Waals surface area (Å²) in [6.45, 7) is 0. The maximum atomic E-state index is 14.2. The predicted octanol–water partition coefficient (Wildman–Crippen LogP) is 3.99. The molecule has 5 nitrogen and oxygen atoms in total. The molecule has 0 heterocycles. The van der Waals surface area contributed by atoms with E-state index in [0.29, 0.717) is 48.5 Å². The van der Waals surface area contributed by atoms with Crippen LogP contribution in [0.2, 0.25) is 0 Å². The SMILES string of the molecule is O=S(=O)(c1ccc(C(F)(F)F)cc1)N(F)S(=O)(=O)c1ccc(C(F)(F)F)cc1. The van der Waals surface area contributed by atoms with Crippen molar-refractivity contribution < 1.29 is 47.7 Å². The lowest BCUT2D eigenvalue weighted by molar-refractivity contribution is -0.138. The minimum absolute atomic E-state index is 0.297. The number of sulfonamides is 2. The monoisotopic (exact) mass is 451 g/mol. The molecule has 0 aromatic heterocycles. The van der Waals surface area contributed by atoms with E-state index in [1.807, 2.05) is 0 Å². The molecule has 0 saturated heterocycles. The molecular weight excluding hydrogens is 443 g/mol. The second kappa shape index (κ2) is 7.00. The average molecular weight is 451 g/mol. The number of alkyl halides is 6. The molecule has 0 unspecified atom stereocenters. The maximum Gasteiger partial charge on any atom is 0.416 e. The normalized spacial score (nSPS) is 13.7. The van der Waals surface area contributed by atoms with Gasteiger partial charge >= 0.3 is 12.4 Å². The molecule has 0 bridgehead atoms. The standard InChI is InChI=1S/C14H8F7NO4S2/c15-13(16,17)9-1-5-11(6-2-9)27(23,24)22(21)28(25,26)12-7-3-10(4-8-12)14(18,19)20/h1-8H. The van der Waals surface area contributed by atoms with Gasteiger partial charge in [0.25, 0.3) is 20.0 Å². The van der Waals surface area contributed by atoms with Gasteiger partial charge in [-0.25, -0.2) is 16.8 Å². The number of hydrogen-bond acceptors (Lipinski definition) is 4. The van der Waals surface area contributed by atoms with Crippen molar-refractivity contribution in [2.75, 3.05) is 0 Å². The Morgan fingerprint density at radius 3 is 1.04 bits per heavy atom. The van der Waals surface area contributed by atoms with Crippen LogP contribution >= 0.6 is 0 Å². The van der Waals surface area contributed by atoms with Gasteiger partial charge in [-0.2, -0.15) is 26.3 Å². The highest BCUT2D eigenvalue weighted by molar-refractivity contribution is 8.03. The molecule has 0 aliphatic carbocycles.